The molecular formula is C15H22FNO3. The average Bonchev–Trinajstić information content (AvgIpc) is 2.48. The Hall–Kier alpha value is -1.01. The van der Waals surface area contributed by atoms with Crippen LogP contribution in [0.15, 0.2) is 18.2 Å². The van der Waals surface area contributed by atoms with Crippen LogP contribution in [0.1, 0.15) is 17.2 Å². The van der Waals surface area contributed by atoms with Gasteiger partial charge in [-0.15, -0.1) is 0 Å². The van der Waals surface area contributed by atoms with E-state index in [1.165, 1.54) is 6.07 Å². The molecule has 0 amide bonds. The molecule has 2 rings (SSSR count). The molecule has 0 bridgehead atoms. The lowest BCUT2D eigenvalue weighted by atomic mass is 10.0. The summed E-state index contributed by atoms with van der Waals surface area (Å²) in [5.74, 6) is -0.180. The SMILES string of the molecule is COC(CN1CCOC(c2ccc(F)c(C)c2)C1)OC. The van der Waals surface area contributed by atoms with Crippen molar-refractivity contribution in [2.45, 2.75) is 19.3 Å². The lowest BCUT2D eigenvalue weighted by Gasteiger charge is -2.34. The van der Waals surface area contributed by atoms with Gasteiger partial charge in [-0.1, -0.05) is 12.1 Å². The Bertz CT molecular complexity index is 437. The minimum absolute atomic E-state index is 0.0302. The zero-order valence-electron chi connectivity index (χ0n) is 12.3. The lowest BCUT2D eigenvalue weighted by molar-refractivity contribution is -0.131. The summed E-state index contributed by atoms with van der Waals surface area (Å²) in [4.78, 5) is 2.24. The van der Waals surface area contributed by atoms with E-state index in [1.807, 2.05) is 6.07 Å². The van der Waals surface area contributed by atoms with E-state index in [9.17, 15) is 4.39 Å². The standard InChI is InChI=1S/C15H22FNO3/c1-11-8-12(4-5-13(11)16)14-9-17(6-7-20-14)10-15(18-2)19-3/h4-5,8,14-15H,6-7,9-10H2,1-3H3. The van der Waals surface area contributed by atoms with Crippen molar-refractivity contribution in [1.29, 1.82) is 0 Å². The van der Waals surface area contributed by atoms with Crippen LogP contribution in [-0.4, -0.2) is 51.7 Å². The van der Waals surface area contributed by atoms with Gasteiger partial charge in [-0.2, -0.15) is 0 Å². The van der Waals surface area contributed by atoms with Gasteiger partial charge in [0, 0.05) is 33.9 Å². The van der Waals surface area contributed by atoms with Gasteiger partial charge in [-0.25, -0.2) is 4.39 Å². The number of aryl methyl sites for hydroxylation is 1. The second kappa shape index (κ2) is 7.13. The maximum absolute atomic E-state index is 13.3. The van der Waals surface area contributed by atoms with Gasteiger partial charge in [0.2, 0.25) is 0 Å². The highest BCUT2D eigenvalue weighted by Crippen LogP contribution is 2.24. The Labute approximate surface area is 119 Å². The molecule has 4 nitrogen and oxygen atoms in total. The summed E-state index contributed by atoms with van der Waals surface area (Å²) in [7, 11) is 3.27. The molecule has 1 aliphatic rings. The first kappa shape index (κ1) is 15.4. The first-order chi connectivity index (χ1) is 9.63. The predicted molar refractivity (Wildman–Crippen MR) is 74.1 cm³/mol. The number of rotatable bonds is 5. The third-order valence-corrected chi connectivity index (χ3v) is 3.64. The summed E-state index contributed by atoms with van der Waals surface area (Å²) in [6.07, 6.45) is -0.263. The number of hydrogen-bond acceptors (Lipinski definition) is 4. The molecule has 0 spiro atoms. The molecule has 112 valence electrons. The van der Waals surface area contributed by atoms with Crippen molar-refractivity contribution in [2.75, 3.05) is 40.5 Å². The van der Waals surface area contributed by atoms with E-state index < -0.39 is 0 Å². The van der Waals surface area contributed by atoms with Gasteiger partial charge in [-0.3, -0.25) is 4.90 Å². The van der Waals surface area contributed by atoms with Crippen molar-refractivity contribution in [3.05, 3.63) is 35.1 Å². The molecule has 1 atom stereocenters. The monoisotopic (exact) mass is 283 g/mol. The van der Waals surface area contributed by atoms with Crippen molar-refractivity contribution in [3.8, 4) is 0 Å². The van der Waals surface area contributed by atoms with Crippen molar-refractivity contribution in [2.24, 2.45) is 0 Å². The summed E-state index contributed by atoms with van der Waals surface area (Å²) < 4.78 is 29.6. The number of halogens is 1. The number of ether oxygens (including phenoxy) is 3. The van der Waals surface area contributed by atoms with E-state index in [-0.39, 0.29) is 18.2 Å². The van der Waals surface area contributed by atoms with Crippen LogP contribution < -0.4 is 0 Å². The van der Waals surface area contributed by atoms with Crippen LogP contribution in [0.2, 0.25) is 0 Å². The summed E-state index contributed by atoms with van der Waals surface area (Å²) >= 11 is 0. The normalized spacial score (nSPS) is 20.6. The highest BCUT2D eigenvalue weighted by molar-refractivity contribution is 5.26. The van der Waals surface area contributed by atoms with E-state index >= 15 is 0 Å². The minimum atomic E-state index is -0.233. The molecule has 1 saturated heterocycles. The molecule has 1 aromatic carbocycles. The predicted octanol–water partition coefficient (Wildman–Crippen LogP) is 2.13. The van der Waals surface area contributed by atoms with Gasteiger partial charge in [0.1, 0.15) is 5.82 Å². The van der Waals surface area contributed by atoms with Gasteiger partial charge >= 0.3 is 0 Å². The summed E-state index contributed by atoms with van der Waals surface area (Å²) in [6, 6.07) is 5.15. The Morgan fingerprint density at radius 1 is 1.40 bits per heavy atom. The quantitative estimate of drug-likeness (QED) is 0.775. The third kappa shape index (κ3) is 3.76. The fourth-order valence-corrected chi connectivity index (χ4v) is 2.39. The van der Waals surface area contributed by atoms with Crippen molar-refractivity contribution in [3.63, 3.8) is 0 Å². The van der Waals surface area contributed by atoms with E-state index in [4.69, 9.17) is 14.2 Å². The summed E-state index contributed by atoms with van der Waals surface area (Å²) in [5, 5.41) is 0. The molecule has 0 aliphatic carbocycles. The second-order valence-corrected chi connectivity index (χ2v) is 5.03. The van der Waals surface area contributed by atoms with Crippen LogP contribution in [0, 0.1) is 12.7 Å². The van der Waals surface area contributed by atoms with E-state index in [2.05, 4.69) is 4.90 Å². The van der Waals surface area contributed by atoms with Crippen molar-refractivity contribution < 1.29 is 18.6 Å². The lowest BCUT2D eigenvalue weighted by Crippen LogP contribution is -2.43. The summed E-state index contributed by atoms with van der Waals surface area (Å²) in [5.41, 5.74) is 1.66. The minimum Gasteiger partial charge on any atom is -0.371 e. The van der Waals surface area contributed by atoms with Crippen molar-refractivity contribution in [1.82, 2.24) is 4.90 Å². The number of methoxy groups -OCH3 is 2. The molecule has 1 unspecified atom stereocenters. The fourth-order valence-electron chi connectivity index (χ4n) is 2.39. The van der Waals surface area contributed by atoms with Crippen LogP contribution in [0.4, 0.5) is 4.39 Å². The molecule has 1 fully saturated rings. The topological polar surface area (TPSA) is 30.9 Å². The largest absolute Gasteiger partial charge is 0.371 e. The van der Waals surface area contributed by atoms with E-state index in [0.29, 0.717) is 18.7 Å². The third-order valence-electron chi connectivity index (χ3n) is 3.64. The average molecular weight is 283 g/mol. The Balaban J connectivity index is 2.00. The highest BCUT2D eigenvalue weighted by Gasteiger charge is 2.24. The number of nitrogens with zero attached hydrogens (tertiary/aromatic N) is 1. The maximum Gasteiger partial charge on any atom is 0.169 e. The Kier molecular flexibility index (Phi) is 5.48. The molecule has 0 aromatic heterocycles. The van der Waals surface area contributed by atoms with Gasteiger partial charge in [0.05, 0.1) is 12.7 Å². The molecule has 5 heteroatoms. The zero-order valence-corrected chi connectivity index (χ0v) is 12.3. The van der Waals surface area contributed by atoms with Crippen LogP contribution in [0.3, 0.4) is 0 Å². The van der Waals surface area contributed by atoms with E-state index in [1.54, 1.807) is 27.2 Å². The fraction of sp³-hybridized carbons (Fsp3) is 0.600. The van der Waals surface area contributed by atoms with E-state index in [0.717, 1.165) is 18.7 Å². The zero-order chi connectivity index (χ0) is 14.5. The van der Waals surface area contributed by atoms with Gasteiger partial charge in [0.15, 0.2) is 6.29 Å². The van der Waals surface area contributed by atoms with Crippen LogP contribution in [-0.2, 0) is 14.2 Å². The number of benzene rings is 1. The Morgan fingerprint density at radius 3 is 2.80 bits per heavy atom. The van der Waals surface area contributed by atoms with Crippen LogP contribution >= 0.6 is 0 Å². The number of morpholine rings is 1. The molecule has 20 heavy (non-hydrogen) atoms. The molecule has 0 radical (unpaired) electrons. The first-order valence-corrected chi connectivity index (χ1v) is 6.79. The van der Waals surface area contributed by atoms with Crippen LogP contribution in [0.25, 0.3) is 0 Å². The van der Waals surface area contributed by atoms with Crippen LogP contribution in [0.5, 0.6) is 0 Å². The Morgan fingerprint density at radius 2 is 2.15 bits per heavy atom. The highest BCUT2D eigenvalue weighted by atomic mass is 19.1. The number of hydrogen-bond donors (Lipinski definition) is 0. The molecule has 1 heterocycles. The molecule has 0 saturated carbocycles. The van der Waals surface area contributed by atoms with Gasteiger partial charge in [-0.05, 0) is 24.1 Å². The first-order valence-electron chi connectivity index (χ1n) is 6.79. The molecule has 0 N–H and O–H groups in total. The molecule has 1 aromatic rings. The van der Waals surface area contributed by atoms with Gasteiger partial charge in [0.25, 0.3) is 0 Å². The van der Waals surface area contributed by atoms with Crippen molar-refractivity contribution >= 4 is 0 Å². The summed E-state index contributed by atoms with van der Waals surface area (Å²) in [6.45, 7) is 4.73. The second-order valence-electron chi connectivity index (χ2n) is 5.03. The molecule has 1 aliphatic heterocycles. The maximum atomic E-state index is 13.3. The van der Waals surface area contributed by atoms with Gasteiger partial charge < -0.3 is 14.2 Å². The molecular weight excluding hydrogens is 261 g/mol. The smallest absolute Gasteiger partial charge is 0.169 e.